The highest BCUT2D eigenvalue weighted by Crippen LogP contribution is 2.36. The van der Waals surface area contributed by atoms with Gasteiger partial charge in [0, 0.05) is 100 Å². The molecule has 6 fully saturated rings. The van der Waals surface area contributed by atoms with Gasteiger partial charge in [0.15, 0.2) is 11.4 Å². The van der Waals surface area contributed by atoms with Gasteiger partial charge in [-0.1, -0.05) is 29.8 Å². The van der Waals surface area contributed by atoms with Crippen molar-refractivity contribution in [3.05, 3.63) is 160 Å². The number of carbonyl (C=O) groups excluding carboxylic acids is 8. The molecule has 15 rings (SSSR count). The monoisotopic (exact) mass is 1660 g/mol. The van der Waals surface area contributed by atoms with E-state index in [4.69, 9.17) is 31.5 Å². The Kier molecular flexibility index (Phi) is 26.7. The second-order valence-electron chi connectivity index (χ2n) is 29.4. The number of nitrogens with one attached hydrogen (secondary N) is 4. The van der Waals surface area contributed by atoms with Crippen LogP contribution in [0.1, 0.15) is 124 Å². The van der Waals surface area contributed by atoms with Crippen molar-refractivity contribution >= 4 is 122 Å². The minimum atomic E-state index is -3.88. The highest BCUT2D eigenvalue weighted by atomic mass is 32.2. The molecular formula is C79H88N16O19S3. The molecule has 5 N–H and O–H groups in total. The maximum atomic E-state index is 13.1. The van der Waals surface area contributed by atoms with E-state index in [2.05, 4.69) is 60.7 Å². The summed E-state index contributed by atoms with van der Waals surface area (Å²) in [5.41, 5.74) is 4.14. The molecule has 2 saturated carbocycles. The van der Waals surface area contributed by atoms with Crippen molar-refractivity contribution in [1.82, 2.24) is 58.8 Å². The van der Waals surface area contributed by atoms with Crippen LogP contribution >= 0.6 is 0 Å². The van der Waals surface area contributed by atoms with E-state index in [-0.39, 0.29) is 122 Å². The SMILES string of the molecule is O=C1CCC(N2C(=O)c3ccc(O)cc3C2=O)C(=O)N1.[C-]#[N+]c1ccc2ncnc(NC3CCC(N4CCN(S(=O)(=O)CCOCCOS(=O)(=O)c5ccc(C)cc5)CC4)CC3)c2c1.[C-]#[N+]c1ccc2ncnc(NC3CCC(N4CCN(S(=O)(=O)CCOCCOc5ccc6c(c5)C(=O)N(C5CCC(=O)NC5=O)C6=O)CC4)CC3)c2c1. The van der Waals surface area contributed by atoms with E-state index < -0.39 is 89.5 Å². The molecule has 0 radical (unpaired) electrons. The van der Waals surface area contributed by atoms with Crippen molar-refractivity contribution in [2.45, 2.75) is 125 Å². The first-order valence-corrected chi connectivity index (χ1v) is 43.2. The van der Waals surface area contributed by atoms with Crippen LogP contribution in [0.25, 0.3) is 31.5 Å². The van der Waals surface area contributed by atoms with Gasteiger partial charge >= 0.3 is 0 Å². The van der Waals surface area contributed by atoms with Gasteiger partial charge in [0.25, 0.3) is 33.7 Å². The summed E-state index contributed by atoms with van der Waals surface area (Å²) < 4.78 is 101. The first kappa shape index (κ1) is 84.0. The summed E-state index contributed by atoms with van der Waals surface area (Å²) in [5, 5.41) is 22.5. The number of fused-ring (bicyclic) bond motifs is 4. The molecule has 2 aromatic heterocycles. The average molecular weight is 1660 g/mol. The van der Waals surface area contributed by atoms with E-state index >= 15 is 0 Å². The largest absolute Gasteiger partial charge is 0.508 e. The van der Waals surface area contributed by atoms with E-state index in [1.54, 1.807) is 36.7 Å². The third-order valence-corrected chi connectivity index (χ3v) is 27.0. The maximum absolute atomic E-state index is 13.1. The van der Waals surface area contributed by atoms with Gasteiger partial charge in [0.05, 0.1) is 95.9 Å². The number of piperidine rings is 2. The Balaban J connectivity index is 0.000000166. The van der Waals surface area contributed by atoms with Gasteiger partial charge in [-0.05, 0) is 144 Å². The fourth-order valence-electron chi connectivity index (χ4n) is 15.7. The number of piperazine rings is 2. The van der Waals surface area contributed by atoms with Crippen molar-refractivity contribution in [2.75, 3.05) is 114 Å². The van der Waals surface area contributed by atoms with Crippen molar-refractivity contribution in [3.8, 4) is 11.5 Å². The Bertz CT molecular complexity index is 5410. The zero-order valence-electron chi connectivity index (χ0n) is 64.0. The molecule has 38 heteroatoms. The number of hydrogen-bond donors (Lipinski definition) is 5. The summed E-state index contributed by atoms with van der Waals surface area (Å²) >= 11 is 0. The normalized spacial score (nSPS) is 21.7. The van der Waals surface area contributed by atoms with Crippen LogP contribution in [0, 0.1) is 20.1 Å². The molecule has 2 atom stereocenters. The number of phenols is 1. The quantitative estimate of drug-likeness (QED) is 0.0197. The molecule has 2 aliphatic carbocycles. The standard InChI is InChI=1S/C36H40N8O8S.C30H38N6O6S2.C13H10N2O5/c1-37-24-4-9-30-29(20-24)33(39-22-38-30)40-23-2-5-25(6-3-23)42-12-14-43(15-13-42)53(49,50)19-18-51-16-17-52-26-7-8-27-28(21-26)36(48)44(35(27)47)31-10-11-32(45)41-34(31)46;1-23-3-10-27(11-4-23)44(39,40)42-18-17-41-19-20-43(37,38)36-15-13-35(14-16-36)26-8-5-24(6-9-26)34-30-28-21-25(31-2)7-12-29(28)32-22-33-30;16-6-1-2-7-8(5-6)13(20)15(12(7)19)9-3-4-10(17)14-11(9)18/h4,7-9,20-23,25,31H,2-3,5-6,10-19H2,(H,38,39,40)(H,41,45,46);3-4,7,10-12,21-22,24,26H,5-6,8-9,13-20H2,1H3,(H,32,33,34);1-2,5,9,16H,3-4H2,(H,14,17,18). The first-order valence-electron chi connectivity index (χ1n) is 38.6. The predicted octanol–water partition coefficient (Wildman–Crippen LogP) is 5.72. The number of carbonyl (C=O) groups is 8. The number of anilines is 2. The second kappa shape index (κ2) is 37.1. The third kappa shape index (κ3) is 20.0. The minimum Gasteiger partial charge on any atom is -0.508 e. The number of sulfonamides is 2. The number of aromatic nitrogens is 4. The van der Waals surface area contributed by atoms with Crippen molar-refractivity contribution in [2.24, 2.45) is 0 Å². The number of aromatic hydroxyl groups is 1. The van der Waals surface area contributed by atoms with E-state index in [9.17, 15) is 68.7 Å². The lowest BCUT2D eigenvalue weighted by Gasteiger charge is -2.41. The van der Waals surface area contributed by atoms with E-state index in [1.165, 1.54) is 57.4 Å². The molecule has 0 spiro atoms. The highest BCUT2D eigenvalue weighted by molar-refractivity contribution is 7.89. The van der Waals surface area contributed by atoms with Crippen LogP contribution in [0.2, 0.25) is 0 Å². The Hall–Kier alpha value is -10.9. The van der Waals surface area contributed by atoms with E-state index in [1.807, 2.05) is 31.2 Å². The Morgan fingerprint density at radius 3 is 1.37 bits per heavy atom. The summed E-state index contributed by atoms with van der Waals surface area (Å²) in [6, 6.07) is 24.8. The summed E-state index contributed by atoms with van der Waals surface area (Å²) in [6.45, 7) is 20.9. The minimum absolute atomic E-state index is 0.00181. The van der Waals surface area contributed by atoms with Crippen molar-refractivity contribution in [3.63, 3.8) is 0 Å². The number of rotatable bonds is 25. The topological polar surface area (TPSA) is 424 Å². The van der Waals surface area contributed by atoms with Crippen molar-refractivity contribution in [1.29, 1.82) is 0 Å². The van der Waals surface area contributed by atoms with Gasteiger partial charge in [-0.2, -0.15) is 17.0 Å². The fraction of sp³-hybridized carbons (Fsp3) is 0.443. The van der Waals surface area contributed by atoms with Gasteiger partial charge in [-0.3, -0.25) is 72.8 Å². The van der Waals surface area contributed by atoms with Crippen LogP contribution in [0.15, 0.2) is 115 Å². The predicted molar refractivity (Wildman–Crippen MR) is 424 cm³/mol. The molecular weight excluding hydrogens is 1570 g/mol. The summed E-state index contributed by atoms with van der Waals surface area (Å²) in [7, 11) is -10.9. The first-order chi connectivity index (χ1) is 56.2. The van der Waals surface area contributed by atoms with Crippen LogP contribution in [0.5, 0.6) is 11.5 Å². The number of ether oxygens (including phenoxy) is 3. The molecule has 616 valence electrons. The molecule has 7 aromatic rings. The number of imide groups is 4. The van der Waals surface area contributed by atoms with Crippen LogP contribution in [-0.2, 0) is 63.0 Å². The number of hydrogen-bond acceptors (Lipinski definition) is 27. The zero-order chi connectivity index (χ0) is 82.7. The Morgan fingerprint density at radius 2 is 0.915 bits per heavy atom. The number of nitrogens with zero attached hydrogens (tertiary/aromatic N) is 12. The molecule has 6 aliphatic heterocycles. The molecule has 8 amide bonds. The fourth-order valence-corrected chi connectivity index (χ4v) is 19.2. The van der Waals surface area contributed by atoms with Crippen LogP contribution in [0.4, 0.5) is 23.0 Å². The van der Waals surface area contributed by atoms with Gasteiger partial charge in [-0.15, -0.1) is 0 Å². The van der Waals surface area contributed by atoms with Crippen LogP contribution < -0.4 is 26.0 Å². The zero-order valence-corrected chi connectivity index (χ0v) is 66.5. The van der Waals surface area contributed by atoms with Crippen LogP contribution in [-0.4, -0.2) is 266 Å². The molecule has 5 aromatic carbocycles. The Morgan fingerprint density at radius 1 is 0.479 bits per heavy atom. The summed E-state index contributed by atoms with van der Waals surface area (Å²) in [6.07, 6.45) is 11.3. The summed E-state index contributed by atoms with van der Waals surface area (Å²) in [4.78, 5) is 128. The van der Waals surface area contributed by atoms with E-state index in [0.717, 1.165) is 100 Å². The van der Waals surface area contributed by atoms with Gasteiger partial charge in [-0.25, -0.2) is 46.5 Å². The molecule has 117 heavy (non-hydrogen) atoms. The molecule has 8 heterocycles. The molecule has 4 saturated heterocycles. The highest BCUT2D eigenvalue weighted by Gasteiger charge is 2.47. The van der Waals surface area contributed by atoms with Crippen LogP contribution in [0.3, 0.4) is 0 Å². The molecule has 8 aliphatic rings. The number of phenolic OH excluding ortho intramolecular Hbond substituents is 1. The lowest BCUT2D eigenvalue weighted by molar-refractivity contribution is -0.137. The lowest BCUT2D eigenvalue weighted by Crippen LogP contribution is -2.54. The lowest BCUT2D eigenvalue weighted by atomic mass is 9.89. The summed E-state index contributed by atoms with van der Waals surface area (Å²) in [5.74, 6) is -3.24. The maximum Gasteiger partial charge on any atom is 0.297 e. The number of amides is 8. The van der Waals surface area contributed by atoms with Gasteiger partial charge in [0.2, 0.25) is 43.7 Å². The molecule has 2 unspecified atom stereocenters. The molecule has 0 bridgehead atoms. The molecule has 35 nitrogen and oxygen atoms in total. The van der Waals surface area contributed by atoms with Gasteiger partial charge in [0.1, 0.15) is 54.5 Å². The number of aryl methyl sites for hydroxylation is 1. The Labute approximate surface area is 675 Å². The average Bonchev–Trinajstić information content (AvgIpc) is 1.62. The van der Waals surface area contributed by atoms with Crippen molar-refractivity contribution < 1.29 is 87.1 Å². The smallest absolute Gasteiger partial charge is 0.297 e. The van der Waals surface area contributed by atoms with E-state index in [0.29, 0.717) is 81.6 Å². The number of benzene rings is 5. The second-order valence-corrected chi connectivity index (χ2v) is 35.2. The third-order valence-electron chi connectivity index (χ3n) is 22.0. The van der Waals surface area contributed by atoms with Gasteiger partial charge < -0.3 is 30.0 Å².